The topological polar surface area (TPSA) is 63.2 Å². The molecule has 21 heavy (non-hydrogen) atoms. The number of hydrogen-bond donors (Lipinski definition) is 1. The molecule has 1 saturated heterocycles. The standard InChI is InChI=1S/C14H15BrFNO3S/c15-14(9-3-4-21(19,20)7-9)10-5-8-1-2-13(18)17-12(8)6-11(10)16/h5-6,9,14H,1-4,7H2,(H,17,18). The number of carbonyl (C=O) groups excluding carboxylic acids is 1. The molecule has 2 aliphatic rings. The molecule has 0 radical (unpaired) electrons. The third-order valence-electron chi connectivity index (χ3n) is 4.10. The smallest absolute Gasteiger partial charge is 0.224 e. The van der Waals surface area contributed by atoms with Gasteiger partial charge in [-0.1, -0.05) is 15.9 Å². The molecule has 0 spiro atoms. The van der Waals surface area contributed by atoms with Gasteiger partial charge < -0.3 is 5.32 Å². The lowest BCUT2D eigenvalue weighted by molar-refractivity contribution is -0.116. The van der Waals surface area contributed by atoms with Gasteiger partial charge in [-0.3, -0.25) is 4.79 Å². The average Bonchev–Trinajstić information content (AvgIpc) is 2.77. The van der Waals surface area contributed by atoms with E-state index in [4.69, 9.17) is 0 Å². The molecule has 1 aromatic rings. The Bertz CT molecular complexity index is 704. The first-order chi connectivity index (χ1) is 9.85. The number of hydrogen-bond acceptors (Lipinski definition) is 3. The van der Waals surface area contributed by atoms with Crippen molar-refractivity contribution >= 4 is 37.4 Å². The molecule has 2 unspecified atom stereocenters. The fraction of sp³-hybridized carbons (Fsp3) is 0.500. The summed E-state index contributed by atoms with van der Waals surface area (Å²) >= 11 is 3.46. The van der Waals surface area contributed by atoms with Crippen molar-refractivity contribution in [3.05, 3.63) is 29.1 Å². The average molecular weight is 376 g/mol. The van der Waals surface area contributed by atoms with Crippen LogP contribution in [0.2, 0.25) is 0 Å². The molecule has 7 heteroatoms. The zero-order valence-corrected chi connectivity index (χ0v) is 13.6. The van der Waals surface area contributed by atoms with Crippen molar-refractivity contribution < 1.29 is 17.6 Å². The molecule has 0 aliphatic carbocycles. The van der Waals surface area contributed by atoms with E-state index in [-0.39, 0.29) is 28.2 Å². The molecule has 1 amide bonds. The van der Waals surface area contributed by atoms with Gasteiger partial charge in [0.25, 0.3) is 0 Å². The van der Waals surface area contributed by atoms with Crippen LogP contribution >= 0.6 is 15.9 Å². The van der Waals surface area contributed by atoms with Crippen molar-refractivity contribution in [2.24, 2.45) is 5.92 Å². The van der Waals surface area contributed by atoms with E-state index in [1.807, 2.05) is 0 Å². The second-order valence-electron chi connectivity index (χ2n) is 5.64. The van der Waals surface area contributed by atoms with E-state index in [9.17, 15) is 17.6 Å². The van der Waals surface area contributed by atoms with E-state index in [1.165, 1.54) is 6.07 Å². The third-order valence-corrected chi connectivity index (χ3v) is 7.13. The Balaban J connectivity index is 1.90. The Hall–Kier alpha value is -0.950. The van der Waals surface area contributed by atoms with Gasteiger partial charge in [-0.2, -0.15) is 0 Å². The van der Waals surface area contributed by atoms with Gasteiger partial charge in [0.1, 0.15) is 5.82 Å². The summed E-state index contributed by atoms with van der Waals surface area (Å²) in [4.78, 5) is 11.0. The maximum absolute atomic E-state index is 14.3. The zero-order valence-electron chi connectivity index (χ0n) is 11.2. The predicted molar refractivity (Wildman–Crippen MR) is 81.8 cm³/mol. The van der Waals surface area contributed by atoms with Crippen molar-refractivity contribution in [3.8, 4) is 0 Å². The van der Waals surface area contributed by atoms with Gasteiger partial charge in [0.15, 0.2) is 9.84 Å². The minimum atomic E-state index is -3.00. The molecule has 0 aromatic heterocycles. The summed E-state index contributed by atoms with van der Waals surface area (Å²) in [5.41, 5.74) is 1.90. The Labute approximate surface area is 131 Å². The minimum absolute atomic E-state index is 0.0934. The van der Waals surface area contributed by atoms with Crippen molar-refractivity contribution in [1.82, 2.24) is 0 Å². The number of nitrogens with one attached hydrogen (secondary N) is 1. The summed E-state index contributed by atoms with van der Waals surface area (Å²) in [7, 11) is -3.00. The summed E-state index contributed by atoms with van der Waals surface area (Å²) in [6.45, 7) is 0. The van der Waals surface area contributed by atoms with E-state index < -0.39 is 15.7 Å². The highest BCUT2D eigenvalue weighted by atomic mass is 79.9. The molecule has 3 rings (SSSR count). The molecule has 1 fully saturated rings. The van der Waals surface area contributed by atoms with Gasteiger partial charge in [0, 0.05) is 22.5 Å². The molecule has 2 aliphatic heterocycles. The van der Waals surface area contributed by atoms with E-state index in [0.717, 1.165) is 5.56 Å². The third kappa shape index (κ3) is 2.99. The number of fused-ring (bicyclic) bond motifs is 1. The summed E-state index contributed by atoms with van der Waals surface area (Å²) in [5.74, 6) is -0.367. The van der Waals surface area contributed by atoms with Gasteiger partial charge >= 0.3 is 0 Å². The van der Waals surface area contributed by atoms with Crippen LogP contribution in [0.3, 0.4) is 0 Å². The largest absolute Gasteiger partial charge is 0.326 e. The number of sulfone groups is 1. The first-order valence-electron chi connectivity index (χ1n) is 6.82. The van der Waals surface area contributed by atoms with E-state index in [2.05, 4.69) is 21.2 Å². The van der Waals surface area contributed by atoms with Crippen LogP contribution in [0.5, 0.6) is 0 Å². The van der Waals surface area contributed by atoms with Crippen LogP contribution in [0.25, 0.3) is 0 Å². The Morgan fingerprint density at radius 1 is 1.33 bits per heavy atom. The van der Waals surface area contributed by atoms with Crippen LogP contribution in [0.4, 0.5) is 10.1 Å². The number of benzene rings is 1. The van der Waals surface area contributed by atoms with Crippen LogP contribution in [0.1, 0.15) is 28.8 Å². The molecule has 114 valence electrons. The fourth-order valence-electron chi connectivity index (χ4n) is 2.94. The van der Waals surface area contributed by atoms with Crippen molar-refractivity contribution in [2.45, 2.75) is 24.1 Å². The number of rotatable bonds is 2. The number of alkyl halides is 1. The monoisotopic (exact) mass is 375 g/mol. The number of aryl methyl sites for hydroxylation is 1. The molecule has 2 atom stereocenters. The molecule has 1 aromatic carbocycles. The van der Waals surface area contributed by atoms with Gasteiger partial charge in [0.05, 0.1) is 11.5 Å². The molecule has 4 nitrogen and oxygen atoms in total. The highest BCUT2D eigenvalue weighted by Gasteiger charge is 2.34. The van der Waals surface area contributed by atoms with Crippen LogP contribution < -0.4 is 5.32 Å². The van der Waals surface area contributed by atoms with Crippen molar-refractivity contribution in [2.75, 3.05) is 16.8 Å². The van der Waals surface area contributed by atoms with Gasteiger partial charge in [-0.25, -0.2) is 12.8 Å². The predicted octanol–water partition coefficient (Wildman–Crippen LogP) is 2.58. The summed E-state index contributed by atoms with van der Waals surface area (Å²) in [6.07, 6.45) is 1.52. The molecular weight excluding hydrogens is 361 g/mol. The normalized spacial score (nSPS) is 25.2. The lowest BCUT2D eigenvalue weighted by Crippen LogP contribution is -2.20. The maximum Gasteiger partial charge on any atom is 0.224 e. The Morgan fingerprint density at radius 3 is 2.76 bits per heavy atom. The second kappa shape index (κ2) is 5.35. The van der Waals surface area contributed by atoms with Gasteiger partial charge in [-0.05, 0) is 36.5 Å². The molecular formula is C14H15BrFNO3S. The zero-order chi connectivity index (χ0) is 15.2. The molecule has 1 N–H and O–H groups in total. The lowest BCUT2D eigenvalue weighted by Gasteiger charge is -2.22. The molecule has 0 bridgehead atoms. The van der Waals surface area contributed by atoms with Crippen molar-refractivity contribution in [3.63, 3.8) is 0 Å². The number of carbonyl (C=O) groups is 1. The van der Waals surface area contributed by atoms with E-state index in [1.54, 1.807) is 6.07 Å². The van der Waals surface area contributed by atoms with E-state index >= 15 is 0 Å². The van der Waals surface area contributed by atoms with Gasteiger partial charge in [0.2, 0.25) is 5.91 Å². The Morgan fingerprint density at radius 2 is 2.10 bits per heavy atom. The summed E-state index contributed by atoms with van der Waals surface area (Å²) < 4.78 is 37.4. The highest BCUT2D eigenvalue weighted by molar-refractivity contribution is 9.09. The van der Waals surface area contributed by atoms with Crippen LogP contribution in [0.15, 0.2) is 12.1 Å². The maximum atomic E-state index is 14.3. The quantitative estimate of drug-likeness (QED) is 0.808. The van der Waals surface area contributed by atoms with E-state index in [0.29, 0.717) is 30.5 Å². The Kier molecular flexibility index (Phi) is 3.81. The SMILES string of the molecule is O=C1CCc2cc(C(Br)C3CCS(=O)(=O)C3)c(F)cc2N1. The number of halogens is 2. The first-order valence-corrected chi connectivity index (χ1v) is 9.56. The molecule has 2 heterocycles. The van der Waals surface area contributed by atoms with Crippen LogP contribution in [-0.4, -0.2) is 25.8 Å². The highest BCUT2D eigenvalue weighted by Crippen LogP contribution is 2.40. The van der Waals surface area contributed by atoms with Crippen LogP contribution in [0, 0.1) is 11.7 Å². The lowest BCUT2D eigenvalue weighted by atomic mass is 9.93. The van der Waals surface area contributed by atoms with Crippen LogP contribution in [-0.2, 0) is 21.1 Å². The van der Waals surface area contributed by atoms with Gasteiger partial charge in [-0.15, -0.1) is 0 Å². The minimum Gasteiger partial charge on any atom is -0.326 e. The summed E-state index contributed by atoms with van der Waals surface area (Å²) in [6, 6.07) is 3.08. The number of anilines is 1. The fourth-order valence-corrected chi connectivity index (χ4v) is 5.83. The number of amides is 1. The second-order valence-corrected chi connectivity index (χ2v) is 8.86. The summed E-state index contributed by atoms with van der Waals surface area (Å²) in [5, 5.41) is 2.66. The van der Waals surface area contributed by atoms with Crippen molar-refractivity contribution in [1.29, 1.82) is 0 Å². The first kappa shape index (κ1) is 15.0. The molecule has 0 saturated carbocycles.